The van der Waals surface area contributed by atoms with Crippen molar-refractivity contribution in [3.05, 3.63) is 58.1 Å². The molecule has 0 bridgehead atoms. The third-order valence-electron chi connectivity index (χ3n) is 5.00. The number of carbonyl (C=O) groups is 1. The molecule has 0 saturated carbocycles. The first-order chi connectivity index (χ1) is 13.8. The lowest BCUT2D eigenvalue weighted by molar-refractivity contribution is -0.123. The predicted molar refractivity (Wildman–Crippen MR) is 123 cm³/mol. The molecule has 2 rings (SSSR count). The topological polar surface area (TPSA) is 70.9 Å². The van der Waals surface area contributed by atoms with Gasteiger partial charge in [-0.1, -0.05) is 47.6 Å². The highest BCUT2D eigenvalue weighted by Gasteiger charge is 2.26. The van der Waals surface area contributed by atoms with Crippen molar-refractivity contribution in [2.75, 3.05) is 6.61 Å². The van der Waals surface area contributed by atoms with Gasteiger partial charge in [-0.15, -0.1) is 0 Å². The number of hydrazone groups is 1. The SMILES string of the molecule is Cc1ccc(OCC(=O)N/N=C/c2cc(C(C)(C)C)c(O)c(C(C)(C)C)c2)cc1C. The van der Waals surface area contributed by atoms with Crippen LogP contribution in [0.1, 0.15) is 69.4 Å². The molecular weight excluding hydrogens is 376 g/mol. The average molecular weight is 411 g/mol. The van der Waals surface area contributed by atoms with Crippen molar-refractivity contribution < 1.29 is 14.6 Å². The Morgan fingerprint density at radius 2 is 1.57 bits per heavy atom. The number of amides is 1. The maximum atomic E-state index is 12.1. The van der Waals surface area contributed by atoms with Crippen molar-refractivity contribution in [2.45, 2.75) is 66.2 Å². The van der Waals surface area contributed by atoms with Crippen LogP contribution in [0.25, 0.3) is 0 Å². The molecule has 5 heteroatoms. The number of aromatic hydroxyl groups is 1. The highest BCUT2D eigenvalue weighted by molar-refractivity contribution is 5.84. The summed E-state index contributed by atoms with van der Waals surface area (Å²) < 4.78 is 5.53. The third-order valence-corrected chi connectivity index (χ3v) is 5.00. The first kappa shape index (κ1) is 23.5. The molecule has 0 unspecified atom stereocenters. The van der Waals surface area contributed by atoms with Crippen molar-refractivity contribution in [1.29, 1.82) is 0 Å². The van der Waals surface area contributed by atoms with Gasteiger partial charge in [0.2, 0.25) is 0 Å². The molecular formula is C25H34N2O3. The Bertz CT molecular complexity index is 913. The fourth-order valence-corrected chi connectivity index (χ4v) is 3.04. The molecule has 0 saturated heterocycles. The normalized spacial score (nSPS) is 12.3. The minimum atomic E-state index is -0.338. The Kier molecular flexibility index (Phi) is 6.96. The van der Waals surface area contributed by atoms with E-state index in [0.717, 1.165) is 22.3 Å². The second kappa shape index (κ2) is 8.90. The summed E-state index contributed by atoms with van der Waals surface area (Å²) in [5, 5.41) is 14.9. The van der Waals surface area contributed by atoms with Crippen molar-refractivity contribution in [3.63, 3.8) is 0 Å². The molecule has 0 radical (unpaired) electrons. The molecule has 0 spiro atoms. The number of hydrogen-bond acceptors (Lipinski definition) is 4. The molecule has 2 aromatic rings. The number of phenolic OH excluding ortho intramolecular Hbond substituents is 1. The number of phenols is 1. The van der Waals surface area contributed by atoms with Crippen LogP contribution in [0.5, 0.6) is 11.5 Å². The van der Waals surface area contributed by atoms with Gasteiger partial charge >= 0.3 is 0 Å². The number of nitrogens with one attached hydrogen (secondary N) is 1. The van der Waals surface area contributed by atoms with E-state index in [1.165, 1.54) is 5.56 Å². The number of hydrogen-bond donors (Lipinski definition) is 2. The first-order valence-corrected chi connectivity index (χ1v) is 10.2. The van der Waals surface area contributed by atoms with Crippen LogP contribution in [0, 0.1) is 13.8 Å². The maximum absolute atomic E-state index is 12.1. The highest BCUT2D eigenvalue weighted by Crippen LogP contribution is 2.39. The number of rotatable bonds is 5. The molecule has 2 aromatic carbocycles. The Labute approximate surface area is 180 Å². The summed E-state index contributed by atoms with van der Waals surface area (Å²) >= 11 is 0. The summed E-state index contributed by atoms with van der Waals surface area (Å²) in [7, 11) is 0. The zero-order valence-corrected chi connectivity index (χ0v) is 19.4. The summed E-state index contributed by atoms with van der Waals surface area (Å²) in [6, 6.07) is 9.53. The van der Waals surface area contributed by atoms with Crippen molar-refractivity contribution in [1.82, 2.24) is 5.43 Å². The van der Waals surface area contributed by atoms with Gasteiger partial charge in [0.1, 0.15) is 11.5 Å². The summed E-state index contributed by atoms with van der Waals surface area (Å²) in [5.74, 6) is 0.633. The van der Waals surface area contributed by atoms with Crippen LogP contribution < -0.4 is 10.2 Å². The van der Waals surface area contributed by atoms with Gasteiger partial charge in [0.15, 0.2) is 6.61 Å². The lowest BCUT2D eigenvalue weighted by atomic mass is 9.78. The van der Waals surface area contributed by atoms with Crippen LogP contribution in [0.4, 0.5) is 0 Å². The van der Waals surface area contributed by atoms with E-state index in [9.17, 15) is 9.90 Å². The van der Waals surface area contributed by atoms with E-state index < -0.39 is 0 Å². The van der Waals surface area contributed by atoms with Gasteiger partial charge < -0.3 is 9.84 Å². The van der Waals surface area contributed by atoms with Gasteiger partial charge in [-0.2, -0.15) is 5.10 Å². The molecule has 0 fully saturated rings. The smallest absolute Gasteiger partial charge is 0.277 e. The van der Waals surface area contributed by atoms with E-state index in [-0.39, 0.29) is 23.3 Å². The van der Waals surface area contributed by atoms with Crippen molar-refractivity contribution in [2.24, 2.45) is 5.10 Å². The molecule has 0 heterocycles. The number of ether oxygens (including phenoxy) is 1. The number of aryl methyl sites for hydroxylation is 2. The molecule has 0 aromatic heterocycles. The van der Waals surface area contributed by atoms with Crippen LogP contribution in [0.2, 0.25) is 0 Å². The molecule has 5 nitrogen and oxygen atoms in total. The van der Waals surface area contributed by atoms with E-state index in [1.807, 2.05) is 44.2 Å². The highest BCUT2D eigenvalue weighted by atomic mass is 16.5. The number of nitrogens with zero attached hydrogens (tertiary/aromatic N) is 1. The monoisotopic (exact) mass is 410 g/mol. The van der Waals surface area contributed by atoms with E-state index in [2.05, 4.69) is 52.1 Å². The van der Waals surface area contributed by atoms with Crippen LogP contribution in [0.15, 0.2) is 35.4 Å². The molecule has 0 aliphatic rings. The third kappa shape index (κ3) is 6.09. The molecule has 2 N–H and O–H groups in total. The Morgan fingerprint density at radius 1 is 1.00 bits per heavy atom. The molecule has 0 atom stereocenters. The standard InChI is InChI=1S/C25H34N2O3/c1-16-9-10-19(11-17(16)2)30-15-22(28)27-26-14-18-12-20(24(3,4)5)23(29)21(13-18)25(6,7)8/h9-14,29H,15H2,1-8H3,(H,27,28)/b26-14+. The summed E-state index contributed by atoms with van der Waals surface area (Å²) in [4.78, 5) is 12.1. The van der Waals surface area contributed by atoms with Gasteiger partial charge in [-0.05, 0) is 65.6 Å². The van der Waals surface area contributed by atoms with E-state index in [4.69, 9.17) is 4.74 Å². The van der Waals surface area contributed by atoms with Gasteiger partial charge in [-0.25, -0.2) is 5.43 Å². The van der Waals surface area contributed by atoms with Crippen LogP contribution in [-0.4, -0.2) is 23.8 Å². The summed E-state index contributed by atoms with van der Waals surface area (Å²) in [6.07, 6.45) is 1.60. The zero-order chi connectivity index (χ0) is 22.7. The van der Waals surface area contributed by atoms with Crippen LogP contribution in [0.3, 0.4) is 0 Å². The van der Waals surface area contributed by atoms with Crippen LogP contribution in [-0.2, 0) is 15.6 Å². The van der Waals surface area contributed by atoms with Gasteiger partial charge in [0, 0.05) is 11.1 Å². The minimum Gasteiger partial charge on any atom is -0.507 e. The largest absolute Gasteiger partial charge is 0.507 e. The fraction of sp³-hybridized carbons (Fsp3) is 0.440. The molecule has 0 aliphatic carbocycles. The first-order valence-electron chi connectivity index (χ1n) is 10.2. The van der Waals surface area contributed by atoms with Gasteiger partial charge in [0.05, 0.1) is 6.21 Å². The van der Waals surface area contributed by atoms with Gasteiger partial charge in [-0.3, -0.25) is 4.79 Å². The maximum Gasteiger partial charge on any atom is 0.277 e. The average Bonchev–Trinajstić information content (AvgIpc) is 2.62. The summed E-state index contributed by atoms with van der Waals surface area (Å²) in [6.45, 7) is 16.3. The summed E-state index contributed by atoms with van der Waals surface area (Å²) in [5.41, 5.74) is 6.85. The van der Waals surface area contributed by atoms with Crippen LogP contribution >= 0.6 is 0 Å². The van der Waals surface area contributed by atoms with E-state index in [0.29, 0.717) is 11.5 Å². The molecule has 162 valence electrons. The predicted octanol–water partition coefficient (Wildman–Crippen LogP) is 5.13. The lowest BCUT2D eigenvalue weighted by Gasteiger charge is -2.27. The number of benzene rings is 2. The fourth-order valence-electron chi connectivity index (χ4n) is 3.04. The lowest BCUT2D eigenvalue weighted by Crippen LogP contribution is -2.24. The van der Waals surface area contributed by atoms with Gasteiger partial charge in [0.25, 0.3) is 5.91 Å². The van der Waals surface area contributed by atoms with Crippen molar-refractivity contribution in [3.8, 4) is 11.5 Å². The molecule has 1 amide bonds. The second-order valence-electron chi connectivity index (χ2n) is 9.79. The Balaban J connectivity index is 2.11. The van der Waals surface area contributed by atoms with E-state index >= 15 is 0 Å². The molecule has 30 heavy (non-hydrogen) atoms. The quantitative estimate of drug-likeness (QED) is 0.530. The molecule has 0 aliphatic heterocycles. The zero-order valence-electron chi connectivity index (χ0n) is 19.4. The number of carbonyl (C=O) groups excluding carboxylic acids is 1. The second-order valence-corrected chi connectivity index (χ2v) is 9.79. The Morgan fingerprint density at radius 3 is 2.07 bits per heavy atom. The minimum absolute atomic E-state index is 0.115. The Hall–Kier alpha value is -2.82. The van der Waals surface area contributed by atoms with Crippen molar-refractivity contribution >= 4 is 12.1 Å². The van der Waals surface area contributed by atoms with E-state index in [1.54, 1.807) is 6.21 Å².